The number of alkyl halides is 3. The molecule has 0 saturated heterocycles. The summed E-state index contributed by atoms with van der Waals surface area (Å²) in [6, 6.07) is 64.1. The number of fused-ring (bicyclic) bond motifs is 8. The summed E-state index contributed by atoms with van der Waals surface area (Å²) >= 11 is 1.54. The summed E-state index contributed by atoms with van der Waals surface area (Å²) in [7, 11) is 0. The zero-order valence-corrected chi connectivity index (χ0v) is 68.3. The summed E-state index contributed by atoms with van der Waals surface area (Å²) in [6.07, 6.45) is -4.13. The van der Waals surface area contributed by atoms with E-state index in [1.807, 2.05) is 211 Å². The lowest BCUT2D eigenvalue weighted by molar-refractivity contribution is -0.135. The minimum absolute atomic E-state index is 0.0443. The largest absolute Gasteiger partial charge is 0.417 e. The Balaban J connectivity index is 0.000000110. The van der Waals surface area contributed by atoms with Gasteiger partial charge in [0.05, 0.1) is 81.8 Å². The van der Waals surface area contributed by atoms with E-state index in [2.05, 4.69) is 113 Å². The van der Waals surface area contributed by atoms with Crippen LogP contribution in [0.1, 0.15) is 46.3 Å². The Hall–Kier alpha value is -17.1. The number of hydrogen-bond donors (Lipinski definition) is 16. The Labute approximate surface area is 710 Å². The first-order valence-electron chi connectivity index (χ1n) is 39.5. The second-order valence-electron chi connectivity index (χ2n) is 29.6. The van der Waals surface area contributed by atoms with Gasteiger partial charge in [-0.3, -0.25) is 80.4 Å². The topological polar surface area (TPSA) is 461 Å². The summed E-state index contributed by atoms with van der Waals surface area (Å²) in [5.41, 5.74) is 13.3. The molecular formula is C90H71F3N28O4S. The van der Waals surface area contributed by atoms with Gasteiger partial charge in [-0.2, -0.15) is 33.6 Å². The molecule has 22 aromatic rings. The molecule has 9 aromatic carbocycles. The minimum Gasteiger partial charge on any atom is -0.323 e. The van der Waals surface area contributed by atoms with Crippen molar-refractivity contribution in [3.63, 3.8) is 0 Å². The lowest BCUT2D eigenvalue weighted by atomic mass is 9.97. The maximum Gasteiger partial charge on any atom is 0.417 e. The number of rotatable bonds is 15. The van der Waals surface area contributed by atoms with Crippen molar-refractivity contribution in [1.29, 1.82) is 0 Å². The number of para-hydroxylation sites is 4. The smallest absolute Gasteiger partial charge is 0.323 e. The first-order chi connectivity index (χ1) is 61.2. The molecule has 36 heteroatoms. The number of H-pyrrole nitrogens is 12. The number of hydrogen-bond acceptors (Lipinski definition) is 21. The number of thiophene rings is 1. The number of anilines is 8. The molecular weight excluding hydrogens is 1630 g/mol. The molecule has 0 spiro atoms. The first-order valence-corrected chi connectivity index (χ1v) is 40.4. The quantitative estimate of drug-likeness (QED) is 0.0453. The van der Waals surface area contributed by atoms with E-state index < -0.39 is 22.7 Å². The average Bonchev–Trinajstić information content (AvgIpc) is 0.984. The van der Waals surface area contributed by atoms with Crippen molar-refractivity contribution in [2.75, 3.05) is 21.3 Å². The second-order valence-corrected chi connectivity index (χ2v) is 30.6. The Bertz CT molecular complexity index is 8190. The monoisotopic (exact) mass is 1700 g/mol. The molecule has 0 unspecified atom stereocenters. The van der Waals surface area contributed by atoms with Crippen molar-refractivity contribution < 1.29 is 13.2 Å². The number of halogens is 3. The van der Waals surface area contributed by atoms with E-state index in [9.17, 15) is 32.3 Å². The van der Waals surface area contributed by atoms with Crippen LogP contribution in [0.4, 0.5) is 59.7 Å². The van der Waals surface area contributed by atoms with E-state index in [1.165, 1.54) is 12.1 Å². The molecule has 0 saturated carbocycles. The summed E-state index contributed by atoms with van der Waals surface area (Å²) in [5.74, 6) is 6.22. The van der Waals surface area contributed by atoms with Crippen molar-refractivity contribution in [3.8, 4) is 67.2 Å². The Kier molecular flexibility index (Phi) is 20.3. The fourth-order valence-electron chi connectivity index (χ4n) is 15.5. The normalized spacial score (nSPS) is 11.5. The van der Waals surface area contributed by atoms with Crippen LogP contribution in [0.5, 0.6) is 0 Å². The number of nitrogens with zero attached hydrogens (tertiary/aromatic N) is 12. The molecule has 622 valence electrons. The van der Waals surface area contributed by atoms with Crippen LogP contribution in [0.25, 0.3) is 154 Å². The molecule has 126 heavy (non-hydrogen) atoms. The number of aryl methyl sites for hydroxylation is 6. The van der Waals surface area contributed by atoms with Gasteiger partial charge in [-0.1, -0.05) is 91.9 Å². The highest BCUT2D eigenvalue weighted by Gasteiger charge is 2.39. The van der Waals surface area contributed by atoms with Gasteiger partial charge in [0.25, 0.3) is 22.2 Å². The van der Waals surface area contributed by atoms with Crippen LogP contribution in [0, 0.1) is 34.6 Å². The van der Waals surface area contributed by atoms with Gasteiger partial charge in [0.15, 0.2) is 46.6 Å². The van der Waals surface area contributed by atoms with Crippen molar-refractivity contribution >= 4 is 145 Å². The minimum atomic E-state index is -4.82. The lowest BCUT2D eigenvalue weighted by Crippen LogP contribution is -2.13. The van der Waals surface area contributed by atoms with Crippen LogP contribution < -0.4 is 43.5 Å². The van der Waals surface area contributed by atoms with E-state index in [0.29, 0.717) is 91.7 Å². The summed E-state index contributed by atoms with van der Waals surface area (Å²) < 4.78 is 42.5. The van der Waals surface area contributed by atoms with Crippen LogP contribution in [0.2, 0.25) is 0 Å². The van der Waals surface area contributed by atoms with E-state index in [4.69, 9.17) is 29.9 Å². The van der Waals surface area contributed by atoms with Gasteiger partial charge in [0.1, 0.15) is 23.3 Å². The zero-order valence-electron chi connectivity index (χ0n) is 67.5. The van der Waals surface area contributed by atoms with Gasteiger partial charge in [-0.05, 0) is 171 Å². The SMILES string of the molecule is CCc1c(-c2nc(Nc3cc(C)[nH]n3)c3ccccc3n2)ccc2[nH][nH]c(=O)c12.Cc1cc(Nc2nc(-c3c(C)cc4[nH][nH]c(=O)c4c3C)nc3ccccc23)n[nH]1.Cc1cc(Nc2nc(-c3cc4c(=O)[nH][nH]c4cc3-c3ccccc3)nc3ccccc23)n[nH]1.O=c1[nH][nH]c2ccc(-c3nc(Nc4cc(-c5cccs5)[nH]n4)c4ccccc4n3)c(C(F)(F)F)c12. The number of nitrogens with one attached hydrogen (secondary N) is 16. The van der Waals surface area contributed by atoms with Crippen LogP contribution in [0.15, 0.2) is 231 Å². The number of aromatic nitrogens is 24. The highest BCUT2D eigenvalue weighted by Crippen LogP contribution is 2.43. The molecule has 0 atom stereocenters. The molecule has 0 aliphatic heterocycles. The predicted molar refractivity (Wildman–Crippen MR) is 484 cm³/mol. The van der Waals surface area contributed by atoms with Gasteiger partial charge in [0, 0.05) is 85.1 Å². The van der Waals surface area contributed by atoms with Gasteiger partial charge in [-0.25, -0.2) is 39.9 Å². The molecule has 0 bridgehead atoms. The lowest BCUT2D eigenvalue weighted by Gasteiger charge is -2.14. The predicted octanol–water partition coefficient (Wildman–Crippen LogP) is 18.3. The Morgan fingerprint density at radius 2 is 0.786 bits per heavy atom. The molecule has 0 fully saturated rings. The molecule has 0 aliphatic rings. The molecule has 13 heterocycles. The maximum atomic E-state index is 14.2. The molecule has 13 aromatic heterocycles. The van der Waals surface area contributed by atoms with Gasteiger partial charge in [-0.15, -0.1) is 11.3 Å². The number of benzene rings is 9. The highest BCUT2D eigenvalue weighted by molar-refractivity contribution is 7.13. The second kappa shape index (κ2) is 32.5. The van der Waals surface area contributed by atoms with Crippen molar-refractivity contribution in [1.82, 2.24) is 121 Å². The van der Waals surface area contributed by atoms with E-state index in [1.54, 1.807) is 41.7 Å². The fraction of sp³-hybridized carbons (Fsp3) is 0.0889. The van der Waals surface area contributed by atoms with Crippen LogP contribution in [0.3, 0.4) is 0 Å². The zero-order chi connectivity index (χ0) is 86.6. The van der Waals surface area contributed by atoms with Crippen LogP contribution in [-0.4, -0.2) is 121 Å². The average molecular weight is 1700 g/mol. The molecule has 0 radical (unpaired) electrons. The molecule has 0 aliphatic carbocycles. The summed E-state index contributed by atoms with van der Waals surface area (Å²) in [4.78, 5) is 87.9. The summed E-state index contributed by atoms with van der Waals surface area (Å²) in [5, 5.41) is 69.8. The summed E-state index contributed by atoms with van der Waals surface area (Å²) in [6.45, 7) is 11.8. The van der Waals surface area contributed by atoms with Gasteiger partial charge in [0.2, 0.25) is 0 Å². The van der Waals surface area contributed by atoms with Gasteiger partial charge < -0.3 is 21.3 Å². The van der Waals surface area contributed by atoms with E-state index in [-0.39, 0.29) is 39.4 Å². The number of aromatic amines is 12. The third-order valence-corrected chi connectivity index (χ3v) is 22.1. The highest BCUT2D eigenvalue weighted by atomic mass is 32.1. The van der Waals surface area contributed by atoms with Crippen LogP contribution >= 0.6 is 11.3 Å². The molecule has 22 rings (SSSR count). The molecule has 32 nitrogen and oxygen atoms in total. The van der Waals surface area contributed by atoms with Crippen molar-refractivity contribution in [2.24, 2.45) is 0 Å². The van der Waals surface area contributed by atoms with E-state index >= 15 is 0 Å². The Morgan fingerprint density at radius 3 is 1.29 bits per heavy atom. The molecule has 0 amide bonds. The first kappa shape index (κ1) is 78.8. The third kappa shape index (κ3) is 15.3. The van der Waals surface area contributed by atoms with Crippen molar-refractivity contribution in [2.45, 2.75) is 54.1 Å². The maximum absolute atomic E-state index is 14.2. The van der Waals surface area contributed by atoms with Crippen molar-refractivity contribution in [3.05, 3.63) is 292 Å². The van der Waals surface area contributed by atoms with Gasteiger partial charge >= 0.3 is 6.18 Å². The standard InChI is InChI=1S/C25H19N7O.C23H14F3N7OS.2C21H19N7O/c1-14-11-22(31-29-14)27-23-16-9-5-6-10-20(16)26-24(28-23)18-12-19-21(30-32-25(19)33)13-17(18)15-7-3-2-4-8-15;24-23(25,26)19-12(7-8-14-18(19)22(34)33-30-14)21-27-13-5-2-1-4-11(13)20(29-21)28-17-10-15(31-32-17)16-6-3-9-35-16;1-10-8-15-18(21(29)28-26-15)12(3)17(10)20-22-14-7-5-4-6-13(14)19(24-20)23-16-9-11(2)25-27-16;1-3-12-13(8-9-16-18(12)21(29)28-26-16)19-22-15-7-5-4-6-14(15)20(24-19)23-17-10-11(2)25-27-17/h2-13H,1H3,(H2,30,32,33)(H2,26,27,28,29,31);1-10H,(H2,30,33,34)(H2,27,28,29,31,32);4-9H,1-3H3,(H2,26,28,29)(H2,22,23,24,25,27);4-10H,3H2,1-2H3,(H2,26,28,29)(H2,22,23,24,25,27). The van der Waals surface area contributed by atoms with E-state index in [0.717, 1.165) is 121 Å². The molecule has 16 N–H and O–H groups in total. The van der Waals surface area contributed by atoms with Crippen LogP contribution in [-0.2, 0) is 12.6 Å². The Morgan fingerprint density at radius 1 is 0.357 bits per heavy atom. The fourth-order valence-corrected chi connectivity index (χ4v) is 16.1. The third-order valence-electron chi connectivity index (χ3n) is 21.2.